The molecule has 0 N–H and O–H groups in total. The number of carbonyl (C=O) groups excluding carboxylic acids is 2. The zero-order chi connectivity index (χ0) is 11.6. The molecule has 15 heavy (non-hydrogen) atoms. The van der Waals surface area contributed by atoms with Crippen molar-refractivity contribution in [2.24, 2.45) is 11.8 Å². The summed E-state index contributed by atoms with van der Waals surface area (Å²) < 4.78 is 5.28. The maximum Gasteiger partial charge on any atom is 0.410 e. The zero-order valence-corrected chi connectivity index (χ0v) is 9.66. The molecule has 4 heteroatoms. The maximum absolute atomic E-state index is 11.5. The number of rotatable bonds is 0. The van der Waals surface area contributed by atoms with Gasteiger partial charge in [-0.25, -0.2) is 4.79 Å². The second-order valence-electron chi connectivity index (χ2n) is 5.14. The molecule has 1 amide bonds. The lowest BCUT2D eigenvalue weighted by Crippen LogP contribution is -2.36. The van der Waals surface area contributed by atoms with E-state index < -0.39 is 0 Å². The highest BCUT2D eigenvalue weighted by atomic mass is 16.6. The smallest absolute Gasteiger partial charge is 0.410 e. The van der Waals surface area contributed by atoms with E-state index in [-0.39, 0.29) is 11.7 Å². The molecule has 2 rings (SSSR count). The van der Waals surface area contributed by atoms with Crippen LogP contribution in [0.5, 0.6) is 0 Å². The highest BCUT2D eigenvalue weighted by Crippen LogP contribution is 2.45. The first-order valence-electron chi connectivity index (χ1n) is 5.22. The molecule has 0 aromatic carbocycles. The zero-order valence-electron chi connectivity index (χ0n) is 9.66. The van der Waals surface area contributed by atoms with Crippen molar-refractivity contribution in [1.82, 2.24) is 4.90 Å². The first-order valence-corrected chi connectivity index (χ1v) is 5.22. The number of hydrogen-bond donors (Lipinski definition) is 0. The van der Waals surface area contributed by atoms with Gasteiger partial charge < -0.3 is 14.4 Å². The fourth-order valence-corrected chi connectivity index (χ4v) is 1.87. The average Bonchev–Trinajstić information content (AvgIpc) is 2.74. The molecular weight excluding hydrogens is 194 g/mol. The molecule has 0 aromatic heterocycles. The quantitative estimate of drug-likeness (QED) is 0.615. The number of nitrogens with zero attached hydrogens (tertiary/aromatic N) is 1. The molecule has 1 aliphatic heterocycles. The molecule has 0 radical (unpaired) electrons. The predicted molar refractivity (Wildman–Crippen MR) is 56.5 cm³/mol. The van der Waals surface area contributed by atoms with Crippen molar-refractivity contribution in [2.75, 3.05) is 13.1 Å². The number of fused-ring (bicyclic) bond motifs is 1. The second-order valence-corrected chi connectivity index (χ2v) is 5.14. The van der Waals surface area contributed by atoms with E-state index in [2.05, 4.69) is 0 Å². The summed E-state index contributed by atoms with van der Waals surface area (Å²) in [6, 6.07) is 0. The number of ether oxygens (including phenoxy) is 1. The van der Waals surface area contributed by atoms with Crippen LogP contribution >= 0.6 is 0 Å². The highest BCUT2D eigenvalue weighted by molar-refractivity contribution is 5.68. The van der Waals surface area contributed by atoms with E-state index >= 15 is 0 Å². The van der Waals surface area contributed by atoms with Crippen molar-refractivity contribution in [3.05, 3.63) is 0 Å². The third kappa shape index (κ3) is 3.22. The summed E-state index contributed by atoms with van der Waals surface area (Å²) in [5.74, 6) is 1.57. The van der Waals surface area contributed by atoms with Gasteiger partial charge in [0.2, 0.25) is 0 Å². The van der Waals surface area contributed by atoms with Crippen LogP contribution in [0.25, 0.3) is 0 Å². The number of likely N-dealkylation sites (tertiary alicyclic amines) is 1. The number of piperidine rings is 1. The van der Waals surface area contributed by atoms with Gasteiger partial charge in [0.1, 0.15) is 12.4 Å². The summed E-state index contributed by atoms with van der Waals surface area (Å²) >= 11 is 0. The molecule has 4 nitrogen and oxygen atoms in total. The Morgan fingerprint density at radius 2 is 1.73 bits per heavy atom. The highest BCUT2D eigenvalue weighted by Gasteiger charge is 2.47. The van der Waals surface area contributed by atoms with Crippen LogP contribution in [-0.4, -0.2) is 36.5 Å². The largest absolute Gasteiger partial charge is 0.444 e. The number of hydrogen-bond acceptors (Lipinski definition) is 3. The summed E-state index contributed by atoms with van der Waals surface area (Å²) in [4.78, 5) is 21.4. The maximum atomic E-state index is 11.5. The minimum absolute atomic E-state index is 0.139. The normalized spacial score (nSPS) is 27.5. The standard InChI is InChI=1S/C10H17NO2.CH2O/c1-10(2,3)13-9(12)11-5-7-4-8(7)6-11;1-2/h7-8H,4-6H2,1-3H3;1H2. The summed E-state index contributed by atoms with van der Waals surface area (Å²) in [6.45, 7) is 9.55. The van der Waals surface area contributed by atoms with Crippen LogP contribution in [0.2, 0.25) is 0 Å². The first kappa shape index (κ1) is 12.0. The monoisotopic (exact) mass is 213 g/mol. The summed E-state index contributed by atoms with van der Waals surface area (Å²) in [5.41, 5.74) is -0.357. The Labute approximate surface area is 90.6 Å². The Balaban J connectivity index is 0.000000531. The fourth-order valence-electron chi connectivity index (χ4n) is 1.87. The Morgan fingerprint density at radius 3 is 2.13 bits per heavy atom. The van der Waals surface area contributed by atoms with Gasteiger partial charge in [0.05, 0.1) is 0 Å². The van der Waals surface area contributed by atoms with Crippen molar-refractivity contribution < 1.29 is 14.3 Å². The molecular formula is C11H19NO3. The summed E-state index contributed by atoms with van der Waals surface area (Å²) in [5, 5.41) is 0. The van der Waals surface area contributed by atoms with Crippen molar-refractivity contribution in [3.63, 3.8) is 0 Å². The lowest BCUT2D eigenvalue weighted by Gasteiger charge is -2.25. The van der Waals surface area contributed by atoms with Gasteiger partial charge in [0.25, 0.3) is 0 Å². The minimum Gasteiger partial charge on any atom is -0.444 e. The van der Waals surface area contributed by atoms with Crippen LogP contribution in [0.4, 0.5) is 4.79 Å². The van der Waals surface area contributed by atoms with Crippen LogP contribution < -0.4 is 0 Å². The molecule has 0 bridgehead atoms. The molecule has 0 spiro atoms. The van der Waals surface area contributed by atoms with Gasteiger partial charge in [0.15, 0.2) is 0 Å². The molecule has 2 atom stereocenters. The molecule has 2 fully saturated rings. The Hall–Kier alpha value is -1.06. The third-order valence-corrected chi connectivity index (χ3v) is 2.63. The average molecular weight is 213 g/mol. The fraction of sp³-hybridized carbons (Fsp3) is 0.818. The Morgan fingerprint density at radius 1 is 1.27 bits per heavy atom. The van der Waals surface area contributed by atoms with Crippen LogP contribution in [0, 0.1) is 11.8 Å². The molecule has 1 saturated heterocycles. The van der Waals surface area contributed by atoms with Crippen LogP contribution in [0.1, 0.15) is 27.2 Å². The van der Waals surface area contributed by atoms with Gasteiger partial charge in [-0.2, -0.15) is 0 Å². The van der Waals surface area contributed by atoms with E-state index in [1.165, 1.54) is 6.42 Å². The van der Waals surface area contributed by atoms with Crippen molar-refractivity contribution in [3.8, 4) is 0 Å². The van der Waals surface area contributed by atoms with E-state index in [1.54, 1.807) is 0 Å². The second kappa shape index (κ2) is 4.21. The molecule has 0 aromatic rings. The van der Waals surface area contributed by atoms with Crippen LogP contribution in [0.3, 0.4) is 0 Å². The molecule has 1 aliphatic carbocycles. The molecule has 1 heterocycles. The van der Waals surface area contributed by atoms with Gasteiger partial charge >= 0.3 is 6.09 Å². The molecule has 2 unspecified atom stereocenters. The van der Waals surface area contributed by atoms with Gasteiger partial charge in [-0.1, -0.05) is 0 Å². The lowest BCUT2D eigenvalue weighted by atomic mass is 10.2. The summed E-state index contributed by atoms with van der Waals surface area (Å²) in [7, 11) is 0. The van der Waals surface area contributed by atoms with Gasteiger partial charge in [-0.15, -0.1) is 0 Å². The van der Waals surface area contributed by atoms with Gasteiger partial charge in [-0.05, 0) is 39.0 Å². The van der Waals surface area contributed by atoms with E-state index in [1.807, 2.05) is 32.5 Å². The van der Waals surface area contributed by atoms with Crippen LogP contribution in [-0.2, 0) is 9.53 Å². The van der Waals surface area contributed by atoms with E-state index in [9.17, 15) is 4.79 Å². The van der Waals surface area contributed by atoms with Gasteiger partial charge in [-0.3, -0.25) is 0 Å². The lowest BCUT2D eigenvalue weighted by molar-refractivity contribution is -0.0980. The van der Waals surface area contributed by atoms with Crippen molar-refractivity contribution in [2.45, 2.75) is 32.8 Å². The van der Waals surface area contributed by atoms with E-state index in [0.717, 1.165) is 24.9 Å². The Bertz CT molecular complexity index is 237. The summed E-state index contributed by atoms with van der Waals surface area (Å²) in [6.07, 6.45) is 1.18. The predicted octanol–water partition coefficient (Wildman–Crippen LogP) is 1.69. The van der Waals surface area contributed by atoms with Gasteiger partial charge in [0, 0.05) is 13.1 Å². The SMILES string of the molecule is C=O.CC(C)(C)OC(=O)N1CC2CC2C1. The third-order valence-electron chi connectivity index (χ3n) is 2.63. The first-order chi connectivity index (χ1) is 6.96. The van der Waals surface area contributed by atoms with E-state index in [0.29, 0.717) is 0 Å². The van der Waals surface area contributed by atoms with Crippen molar-refractivity contribution >= 4 is 12.9 Å². The topological polar surface area (TPSA) is 46.6 Å². The molecule has 2 aliphatic rings. The minimum atomic E-state index is -0.357. The molecule has 1 saturated carbocycles. The van der Waals surface area contributed by atoms with Crippen LogP contribution in [0.15, 0.2) is 0 Å². The van der Waals surface area contributed by atoms with Crippen molar-refractivity contribution in [1.29, 1.82) is 0 Å². The number of carbonyl (C=O) groups is 2. The molecule has 86 valence electrons. The van der Waals surface area contributed by atoms with E-state index in [4.69, 9.17) is 9.53 Å². The number of amides is 1. The Kier molecular flexibility index (Phi) is 3.37.